The smallest absolute Gasteiger partial charge is 0.307 e. The number of hydrogen-bond acceptors (Lipinski definition) is 16. The molecule has 1 saturated carbocycles. The Morgan fingerprint density at radius 1 is 0.600 bits per heavy atom. The van der Waals surface area contributed by atoms with Crippen LogP contribution in [0.5, 0.6) is 0 Å². The van der Waals surface area contributed by atoms with Crippen molar-refractivity contribution in [3.63, 3.8) is 0 Å². The van der Waals surface area contributed by atoms with Crippen LogP contribution in [-0.2, 0) is 71.2 Å². The summed E-state index contributed by atoms with van der Waals surface area (Å²) in [6, 6.07) is 8.32. The number of carbonyl (C=O) groups is 2. The zero-order valence-corrected chi connectivity index (χ0v) is 39.4. The Hall–Kier alpha value is -3.58. The summed E-state index contributed by atoms with van der Waals surface area (Å²) in [5, 5.41) is 0. The highest BCUT2D eigenvalue weighted by atomic mass is 16.6. The zero-order chi connectivity index (χ0) is 47.1. The summed E-state index contributed by atoms with van der Waals surface area (Å²) in [6.07, 6.45) is 9.09. The molecule has 0 N–H and O–H groups in total. The number of rotatable bonds is 43. The van der Waals surface area contributed by atoms with Gasteiger partial charge in [-0.05, 0) is 42.7 Å². The lowest BCUT2D eigenvalue weighted by atomic mass is 9.95. The molecule has 2 rings (SSSR count). The highest BCUT2D eigenvalue weighted by Gasteiger charge is 2.11. The second-order valence-electron chi connectivity index (χ2n) is 14.1. The third-order valence-electron chi connectivity index (χ3n) is 9.04. The summed E-state index contributed by atoms with van der Waals surface area (Å²) >= 11 is 0. The fraction of sp³-hybridized carbons (Fsp3) is 0.653. The molecule has 1 fully saturated rings. The number of methoxy groups -OCH3 is 1. The molecular formula is C49H81NO15. The predicted molar refractivity (Wildman–Crippen MR) is 251 cm³/mol. The summed E-state index contributed by atoms with van der Waals surface area (Å²) in [7, 11) is 1.35. The van der Waals surface area contributed by atoms with E-state index in [4.69, 9.17) is 56.8 Å². The van der Waals surface area contributed by atoms with Crippen LogP contribution < -0.4 is 0 Å². The van der Waals surface area contributed by atoms with Gasteiger partial charge in [0.05, 0.1) is 172 Å². The van der Waals surface area contributed by atoms with Gasteiger partial charge in [0, 0.05) is 27.0 Å². The molecular weight excluding hydrogens is 843 g/mol. The minimum absolute atomic E-state index is 0. The van der Waals surface area contributed by atoms with E-state index >= 15 is 0 Å². The average Bonchev–Trinajstić information content (AvgIpc) is 3.32. The number of benzene rings is 1. The number of carbonyl (C=O) groups excluding carboxylic acids is 2. The van der Waals surface area contributed by atoms with Crippen LogP contribution in [0.4, 0.5) is 0 Å². The van der Waals surface area contributed by atoms with Crippen LogP contribution in [0.3, 0.4) is 0 Å². The lowest BCUT2D eigenvalue weighted by molar-refractivity contribution is -0.142. The Morgan fingerprint density at radius 2 is 0.969 bits per heavy atom. The Bertz CT molecular complexity index is 1410. The van der Waals surface area contributed by atoms with Crippen LogP contribution in [0.1, 0.15) is 44.7 Å². The van der Waals surface area contributed by atoms with Gasteiger partial charge < -0.3 is 66.5 Å². The predicted octanol–water partition coefficient (Wildman–Crippen LogP) is 5.82. The first-order valence-electron chi connectivity index (χ1n) is 22.6. The molecule has 0 aliphatic heterocycles. The van der Waals surface area contributed by atoms with Crippen molar-refractivity contribution in [2.75, 3.05) is 172 Å². The van der Waals surface area contributed by atoms with Crippen LogP contribution in [0, 0.1) is 6.92 Å². The van der Waals surface area contributed by atoms with Crippen LogP contribution in [0.2, 0.25) is 0 Å². The van der Waals surface area contributed by atoms with E-state index in [1.807, 2.05) is 23.2 Å². The van der Waals surface area contributed by atoms with E-state index in [1.165, 1.54) is 18.2 Å². The molecule has 1 aromatic carbocycles. The van der Waals surface area contributed by atoms with Crippen molar-refractivity contribution in [1.29, 1.82) is 0 Å². The number of aryl methyl sites for hydroxylation is 1. The molecule has 0 aromatic heterocycles. The summed E-state index contributed by atoms with van der Waals surface area (Å²) in [5.74, 6) is 0.0954. The first kappa shape index (κ1) is 59.4. The molecule has 372 valence electrons. The number of ether oxygens (including phenoxy) is 13. The van der Waals surface area contributed by atoms with Gasteiger partial charge in [0.25, 0.3) is 0 Å². The monoisotopic (exact) mass is 924 g/mol. The van der Waals surface area contributed by atoms with Gasteiger partial charge in [0.15, 0.2) is 0 Å². The molecule has 1 aliphatic carbocycles. The molecule has 0 radical (unpaired) electrons. The van der Waals surface area contributed by atoms with Crippen molar-refractivity contribution in [2.24, 2.45) is 0 Å². The SMILES string of the molecule is C=C/C(=C\N(C=C)CCOCCOCCOCCOCCOCCOCCOCCOCCOCCOCCOCCOCCC(=O)OC)c1cccc(C)c1.C=C=C1CCC(=O)CC1.[HH]. The standard InChI is InChI=1S/C41H69NO14.C8H10O.H2/c1-5-39(40-9-7-8-38(3)36-40)37-42(6-2)11-13-46-15-17-48-19-21-50-23-25-52-27-29-54-31-33-56-35-34-55-32-30-53-28-26-51-24-22-49-20-18-47-16-14-45-12-10-41(43)44-4;1-2-7-3-5-8(9)6-4-7;/h5-9,36-37H,1-2,10-35H2,3-4H3;1,3-6H2;1H/b39-37+;;. The maximum atomic E-state index is 10.9. The van der Waals surface area contributed by atoms with Crippen LogP contribution in [0.25, 0.3) is 5.57 Å². The summed E-state index contributed by atoms with van der Waals surface area (Å²) in [6.45, 7) is 25.7. The third kappa shape index (κ3) is 38.3. The van der Waals surface area contributed by atoms with E-state index in [-0.39, 0.29) is 13.8 Å². The van der Waals surface area contributed by atoms with Gasteiger partial charge >= 0.3 is 5.97 Å². The molecule has 0 unspecified atom stereocenters. The number of nitrogens with zero attached hydrogens (tertiary/aromatic N) is 1. The van der Waals surface area contributed by atoms with Gasteiger partial charge in [-0.2, -0.15) is 0 Å². The number of ketones is 1. The normalized spacial score (nSPS) is 12.7. The first-order valence-corrected chi connectivity index (χ1v) is 22.6. The molecule has 0 heterocycles. The molecule has 1 aromatic rings. The molecule has 0 bridgehead atoms. The molecule has 0 atom stereocenters. The minimum Gasteiger partial charge on any atom is -0.469 e. The fourth-order valence-electron chi connectivity index (χ4n) is 5.41. The largest absolute Gasteiger partial charge is 0.469 e. The molecule has 0 saturated heterocycles. The van der Waals surface area contributed by atoms with Crippen molar-refractivity contribution in [2.45, 2.75) is 39.0 Å². The lowest BCUT2D eigenvalue weighted by Gasteiger charge is -2.17. The van der Waals surface area contributed by atoms with Crippen molar-refractivity contribution >= 4 is 17.3 Å². The summed E-state index contributed by atoms with van der Waals surface area (Å²) < 4.78 is 70.4. The molecule has 16 nitrogen and oxygen atoms in total. The molecule has 16 heteroatoms. The van der Waals surface area contributed by atoms with Crippen molar-refractivity contribution in [1.82, 2.24) is 4.90 Å². The van der Waals surface area contributed by atoms with E-state index in [0.717, 1.165) is 24.0 Å². The van der Waals surface area contributed by atoms with E-state index in [2.05, 4.69) is 55.3 Å². The highest BCUT2D eigenvalue weighted by Crippen LogP contribution is 2.19. The number of allylic oxidation sites excluding steroid dienone is 3. The lowest BCUT2D eigenvalue weighted by Crippen LogP contribution is -2.18. The van der Waals surface area contributed by atoms with Crippen molar-refractivity contribution in [3.05, 3.63) is 84.9 Å². The molecule has 0 amide bonds. The molecule has 0 spiro atoms. The van der Waals surface area contributed by atoms with Crippen LogP contribution in [-0.4, -0.2) is 189 Å². The van der Waals surface area contributed by atoms with E-state index < -0.39 is 0 Å². The fourth-order valence-corrected chi connectivity index (χ4v) is 5.41. The number of hydrogen-bond donors (Lipinski definition) is 0. The Kier molecular flexibility index (Phi) is 41.7. The van der Waals surface area contributed by atoms with Gasteiger partial charge in [-0.15, -0.1) is 5.73 Å². The molecule has 65 heavy (non-hydrogen) atoms. The van der Waals surface area contributed by atoms with Crippen LogP contribution >= 0.6 is 0 Å². The van der Waals surface area contributed by atoms with E-state index in [1.54, 1.807) is 6.20 Å². The zero-order valence-electron chi connectivity index (χ0n) is 39.4. The van der Waals surface area contributed by atoms with Gasteiger partial charge in [-0.25, -0.2) is 0 Å². The Morgan fingerprint density at radius 3 is 1.29 bits per heavy atom. The second-order valence-corrected chi connectivity index (χ2v) is 14.1. The minimum atomic E-state index is -0.288. The first-order chi connectivity index (χ1) is 31.9. The Balaban J connectivity index is 0.00000374. The van der Waals surface area contributed by atoms with Gasteiger partial charge in [-0.1, -0.05) is 55.6 Å². The van der Waals surface area contributed by atoms with Gasteiger partial charge in [0.2, 0.25) is 0 Å². The molecule has 1 aliphatic rings. The average molecular weight is 924 g/mol. The van der Waals surface area contributed by atoms with Crippen molar-refractivity contribution in [3.8, 4) is 0 Å². The number of Topliss-reactive ketones (excluding diaryl/α,β-unsaturated/α-hetero) is 1. The summed E-state index contributed by atoms with van der Waals surface area (Å²) in [4.78, 5) is 23.6. The van der Waals surface area contributed by atoms with E-state index in [0.29, 0.717) is 184 Å². The van der Waals surface area contributed by atoms with Gasteiger partial charge in [-0.3, -0.25) is 9.59 Å². The van der Waals surface area contributed by atoms with E-state index in [9.17, 15) is 9.59 Å². The maximum absolute atomic E-state index is 10.9. The quantitative estimate of drug-likeness (QED) is 0.0334. The Labute approximate surface area is 390 Å². The van der Waals surface area contributed by atoms with Gasteiger partial charge in [0.1, 0.15) is 5.78 Å². The second kappa shape index (κ2) is 45.6. The number of esters is 1. The van der Waals surface area contributed by atoms with Crippen molar-refractivity contribution < 1.29 is 72.6 Å². The third-order valence-corrected chi connectivity index (χ3v) is 9.04. The maximum Gasteiger partial charge on any atom is 0.307 e. The highest BCUT2D eigenvalue weighted by molar-refractivity contribution is 5.80. The topological polar surface area (TPSA) is 157 Å². The summed E-state index contributed by atoms with van der Waals surface area (Å²) in [5.41, 5.74) is 7.41. The van der Waals surface area contributed by atoms with Crippen LogP contribution in [0.15, 0.2) is 73.8 Å².